The summed E-state index contributed by atoms with van der Waals surface area (Å²) in [4.78, 5) is 12.3. The molecule has 4 heteroatoms. The third-order valence-electron chi connectivity index (χ3n) is 3.23. The van der Waals surface area contributed by atoms with Gasteiger partial charge in [0.15, 0.2) is 5.78 Å². The molecule has 4 nitrogen and oxygen atoms in total. The van der Waals surface area contributed by atoms with Gasteiger partial charge in [0.1, 0.15) is 12.4 Å². The fraction of sp³-hybridized carbons (Fsp3) is 0.533. The van der Waals surface area contributed by atoms with Crippen LogP contribution >= 0.6 is 0 Å². The van der Waals surface area contributed by atoms with E-state index >= 15 is 0 Å². The number of ketones is 1. The molecule has 1 aromatic carbocycles. The molecule has 1 aromatic rings. The third kappa shape index (κ3) is 4.04. The predicted molar refractivity (Wildman–Crippen MR) is 71.7 cm³/mol. The van der Waals surface area contributed by atoms with Crippen LogP contribution in [0.5, 0.6) is 5.75 Å². The van der Waals surface area contributed by atoms with Crippen molar-refractivity contribution in [1.29, 1.82) is 0 Å². The SMILES string of the molecule is COCCOc1ccccc1C(=O)CC1CCOC1. The van der Waals surface area contributed by atoms with Gasteiger partial charge in [0.2, 0.25) is 0 Å². The van der Waals surface area contributed by atoms with Crippen molar-refractivity contribution in [3.8, 4) is 5.75 Å². The first kappa shape index (κ1) is 14.0. The van der Waals surface area contributed by atoms with E-state index in [1.807, 2.05) is 24.3 Å². The second-order valence-electron chi connectivity index (χ2n) is 4.69. The summed E-state index contributed by atoms with van der Waals surface area (Å²) in [5.41, 5.74) is 0.658. The largest absolute Gasteiger partial charge is 0.490 e. The van der Waals surface area contributed by atoms with E-state index in [0.29, 0.717) is 43.5 Å². The highest BCUT2D eigenvalue weighted by Gasteiger charge is 2.21. The molecular weight excluding hydrogens is 244 g/mol. The first-order chi connectivity index (χ1) is 9.31. The Morgan fingerprint density at radius 2 is 2.21 bits per heavy atom. The molecule has 1 heterocycles. The number of carbonyl (C=O) groups excluding carboxylic acids is 1. The lowest BCUT2D eigenvalue weighted by Gasteiger charge is -2.12. The third-order valence-corrected chi connectivity index (χ3v) is 3.23. The molecule has 0 saturated carbocycles. The lowest BCUT2D eigenvalue weighted by Crippen LogP contribution is -2.12. The van der Waals surface area contributed by atoms with Crippen molar-refractivity contribution >= 4 is 5.78 Å². The summed E-state index contributed by atoms with van der Waals surface area (Å²) in [6.07, 6.45) is 1.50. The van der Waals surface area contributed by atoms with Crippen molar-refractivity contribution in [2.45, 2.75) is 12.8 Å². The molecule has 1 unspecified atom stereocenters. The van der Waals surface area contributed by atoms with Crippen LogP contribution in [-0.2, 0) is 9.47 Å². The van der Waals surface area contributed by atoms with Crippen LogP contribution in [0.2, 0.25) is 0 Å². The molecule has 0 aliphatic carbocycles. The maximum Gasteiger partial charge on any atom is 0.166 e. The van der Waals surface area contributed by atoms with E-state index in [9.17, 15) is 4.79 Å². The fourth-order valence-electron chi connectivity index (χ4n) is 2.17. The zero-order valence-corrected chi connectivity index (χ0v) is 11.3. The molecule has 0 bridgehead atoms. The maximum absolute atomic E-state index is 12.3. The molecule has 104 valence electrons. The summed E-state index contributed by atoms with van der Waals surface area (Å²) >= 11 is 0. The van der Waals surface area contributed by atoms with Crippen LogP contribution in [0, 0.1) is 5.92 Å². The monoisotopic (exact) mass is 264 g/mol. The predicted octanol–water partition coefficient (Wildman–Crippen LogP) is 2.32. The van der Waals surface area contributed by atoms with Crippen LogP contribution in [0.3, 0.4) is 0 Å². The Bertz CT molecular complexity index is 410. The van der Waals surface area contributed by atoms with Gasteiger partial charge >= 0.3 is 0 Å². The Hall–Kier alpha value is -1.39. The summed E-state index contributed by atoms with van der Waals surface area (Å²) in [6.45, 7) is 2.43. The summed E-state index contributed by atoms with van der Waals surface area (Å²) in [5.74, 6) is 1.12. The molecule has 1 aliphatic heterocycles. The van der Waals surface area contributed by atoms with Crippen molar-refractivity contribution in [2.24, 2.45) is 5.92 Å². The van der Waals surface area contributed by atoms with Crippen molar-refractivity contribution < 1.29 is 19.0 Å². The first-order valence-electron chi connectivity index (χ1n) is 6.63. The summed E-state index contributed by atoms with van der Waals surface area (Å²) in [5, 5.41) is 0. The highest BCUT2D eigenvalue weighted by atomic mass is 16.5. The van der Waals surface area contributed by atoms with Crippen LogP contribution in [0.25, 0.3) is 0 Å². The van der Waals surface area contributed by atoms with Gasteiger partial charge in [-0.05, 0) is 24.5 Å². The number of Topliss-reactive ketones (excluding diaryl/α,β-unsaturated/α-hetero) is 1. The van der Waals surface area contributed by atoms with Gasteiger partial charge in [-0.15, -0.1) is 0 Å². The zero-order chi connectivity index (χ0) is 13.5. The quantitative estimate of drug-likeness (QED) is 0.560. The van der Waals surface area contributed by atoms with Crippen LogP contribution in [0.4, 0.5) is 0 Å². The van der Waals surface area contributed by atoms with Gasteiger partial charge in [0, 0.05) is 26.7 Å². The topological polar surface area (TPSA) is 44.8 Å². The van der Waals surface area contributed by atoms with Crippen molar-refractivity contribution in [1.82, 2.24) is 0 Å². The van der Waals surface area contributed by atoms with Crippen LogP contribution in [0.1, 0.15) is 23.2 Å². The van der Waals surface area contributed by atoms with E-state index in [1.54, 1.807) is 7.11 Å². The molecule has 2 rings (SSSR count). The Morgan fingerprint density at radius 3 is 2.95 bits per heavy atom. The minimum Gasteiger partial charge on any atom is -0.490 e. The van der Waals surface area contributed by atoms with E-state index in [4.69, 9.17) is 14.2 Å². The average Bonchev–Trinajstić information content (AvgIpc) is 2.92. The lowest BCUT2D eigenvalue weighted by atomic mass is 9.97. The Morgan fingerprint density at radius 1 is 1.37 bits per heavy atom. The number of methoxy groups -OCH3 is 1. The molecule has 1 atom stereocenters. The second kappa shape index (κ2) is 7.26. The smallest absolute Gasteiger partial charge is 0.166 e. The molecule has 19 heavy (non-hydrogen) atoms. The minimum atomic E-state index is 0.128. The first-order valence-corrected chi connectivity index (χ1v) is 6.63. The lowest BCUT2D eigenvalue weighted by molar-refractivity contribution is 0.0945. The number of para-hydroxylation sites is 1. The molecule has 0 amide bonds. The highest BCUT2D eigenvalue weighted by molar-refractivity contribution is 5.98. The van der Waals surface area contributed by atoms with E-state index in [0.717, 1.165) is 13.0 Å². The number of hydrogen-bond acceptors (Lipinski definition) is 4. The van der Waals surface area contributed by atoms with Gasteiger partial charge in [-0.25, -0.2) is 0 Å². The molecule has 1 aliphatic rings. The molecule has 0 spiro atoms. The summed E-state index contributed by atoms with van der Waals surface area (Å²) in [7, 11) is 1.63. The molecular formula is C15H20O4. The van der Waals surface area contributed by atoms with Gasteiger partial charge in [-0.2, -0.15) is 0 Å². The van der Waals surface area contributed by atoms with E-state index in [2.05, 4.69) is 0 Å². The maximum atomic E-state index is 12.3. The highest BCUT2D eigenvalue weighted by Crippen LogP contribution is 2.24. The molecule has 0 aromatic heterocycles. The van der Waals surface area contributed by atoms with E-state index < -0.39 is 0 Å². The fourth-order valence-corrected chi connectivity index (χ4v) is 2.17. The number of benzene rings is 1. The van der Waals surface area contributed by atoms with Gasteiger partial charge in [0.05, 0.1) is 12.2 Å². The number of hydrogen-bond donors (Lipinski definition) is 0. The Kier molecular flexibility index (Phi) is 5.36. The van der Waals surface area contributed by atoms with Crippen LogP contribution < -0.4 is 4.74 Å². The standard InChI is InChI=1S/C15H20O4/c1-17-8-9-19-15-5-3-2-4-13(15)14(16)10-12-6-7-18-11-12/h2-5,12H,6-11H2,1H3. The van der Waals surface area contributed by atoms with Crippen LogP contribution in [-0.4, -0.2) is 39.3 Å². The molecule has 0 radical (unpaired) electrons. The van der Waals surface area contributed by atoms with Crippen molar-refractivity contribution in [3.05, 3.63) is 29.8 Å². The molecule has 1 saturated heterocycles. The van der Waals surface area contributed by atoms with E-state index in [1.165, 1.54) is 0 Å². The minimum absolute atomic E-state index is 0.128. The number of ether oxygens (including phenoxy) is 3. The Labute approximate surface area is 113 Å². The van der Waals surface area contributed by atoms with Gasteiger partial charge in [0.25, 0.3) is 0 Å². The van der Waals surface area contributed by atoms with E-state index in [-0.39, 0.29) is 5.78 Å². The van der Waals surface area contributed by atoms with Gasteiger partial charge in [-0.1, -0.05) is 12.1 Å². The number of rotatable bonds is 7. The van der Waals surface area contributed by atoms with Crippen molar-refractivity contribution in [3.63, 3.8) is 0 Å². The van der Waals surface area contributed by atoms with Gasteiger partial charge in [-0.3, -0.25) is 4.79 Å². The number of carbonyl (C=O) groups is 1. The van der Waals surface area contributed by atoms with Gasteiger partial charge < -0.3 is 14.2 Å². The molecule has 0 N–H and O–H groups in total. The summed E-state index contributed by atoms with van der Waals surface area (Å²) in [6, 6.07) is 7.38. The zero-order valence-electron chi connectivity index (χ0n) is 11.3. The second-order valence-corrected chi connectivity index (χ2v) is 4.69. The average molecular weight is 264 g/mol. The molecule has 1 fully saturated rings. The normalized spacial score (nSPS) is 18.5. The summed E-state index contributed by atoms with van der Waals surface area (Å²) < 4.78 is 15.8. The Balaban J connectivity index is 1.98. The van der Waals surface area contributed by atoms with Crippen molar-refractivity contribution in [2.75, 3.05) is 33.5 Å². The van der Waals surface area contributed by atoms with Crippen LogP contribution in [0.15, 0.2) is 24.3 Å².